The Morgan fingerprint density at radius 2 is 2.08 bits per heavy atom. The van der Waals surface area contributed by atoms with E-state index in [-0.39, 0.29) is 29.2 Å². The van der Waals surface area contributed by atoms with Crippen LogP contribution < -0.4 is 10.6 Å². The van der Waals surface area contributed by atoms with Gasteiger partial charge in [0.15, 0.2) is 14.2 Å². The lowest BCUT2D eigenvalue weighted by Gasteiger charge is -2.09. The van der Waals surface area contributed by atoms with E-state index in [1.165, 1.54) is 28.7 Å². The standard InChI is InChI=1S/C16H20N4O3S3/c1-2-11-3-5-12(6-4-11)18-15-19-20-16(25-15)24-9-14(21)17-13-7-8-26(22,23)10-13/h3-6,13H,2,7-10H2,1H3,(H,17,21)(H,18,19)/t13-/m1/s1. The van der Waals surface area contributed by atoms with Gasteiger partial charge in [-0.25, -0.2) is 8.42 Å². The number of rotatable bonds is 7. The molecule has 10 heteroatoms. The molecule has 26 heavy (non-hydrogen) atoms. The van der Waals surface area contributed by atoms with Crippen molar-refractivity contribution >= 4 is 49.7 Å². The Morgan fingerprint density at radius 1 is 1.31 bits per heavy atom. The van der Waals surface area contributed by atoms with Gasteiger partial charge in [-0.05, 0) is 30.5 Å². The summed E-state index contributed by atoms with van der Waals surface area (Å²) in [6.45, 7) is 2.11. The molecule has 0 spiro atoms. The summed E-state index contributed by atoms with van der Waals surface area (Å²) >= 11 is 2.67. The van der Waals surface area contributed by atoms with Crippen LogP contribution in [0, 0.1) is 0 Å². The van der Waals surface area contributed by atoms with Gasteiger partial charge in [0.05, 0.1) is 17.3 Å². The SMILES string of the molecule is CCc1ccc(Nc2nnc(SCC(=O)N[C@@H]3CCS(=O)(=O)C3)s2)cc1. The quantitative estimate of drug-likeness (QED) is 0.673. The van der Waals surface area contributed by atoms with E-state index >= 15 is 0 Å². The Bertz CT molecular complexity index is 865. The van der Waals surface area contributed by atoms with Crippen molar-refractivity contribution in [1.82, 2.24) is 15.5 Å². The maximum absolute atomic E-state index is 12.0. The smallest absolute Gasteiger partial charge is 0.230 e. The fourth-order valence-corrected chi connectivity index (χ4v) is 5.83. The summed E-state index contributed by atoms with van der Waals surface area (Å²) in [5.41, 5.74) is 2.21. The van der Waals surface area contributed by atoms with Gasteiger partial charge >= 0.3 is 0 Å². The lowest BCUT2D eigenvalue weighted by Crippen LogP contribution is -2.36. The zero-order chi connectivity index (χ0) is 18.6. The number of nitrogens with zero attached hydrogens (tertiary/aromatic N) is 2. The van der Waals surface area contributed by atoms with Gasteiger partial charge in [-0.3, -0.25) is 4.79 Å². The van der Waals surface area contributed by atoms with Gasteiger partial charge in [0, 0.05) is 11.7 Å². The number of sulfone groups is 1. The van der Waals surface area contributed by atoms with Gasteiger partial charge in [0.1, 0.15) is 0 Å². The first-order chi connectivity index (χ1) is 12.4. The first-order valence-corrected chi connectivity index (χ1v) is 11.9. The highest BCUT2D eigenvalue weighted by Crippen LogP contribution is 2.27. The van der Waals surface area contributed by atoms with Crippen molar-refractivity contribution in [3.63, 3.8) is 0 Å². The van der Waals surface area contributed by atoms with E-state index in [0.29, 0.717) is 15.9 Å². The number of nitrogens with one attached hydrogen (secondary N) is 2. The molecule has 0 bridgehead atoms. The van der Waals surface area contributed by atoms with Gasteiger partial charge in [-0.15, -0.1) is 10.2 Å². The van der Waals surface area contributed by atoms with Crippen molar-refractivity contribution in [2.24, 2.45) is 0 Å². The molecule has 2 heterocycles. The van der Waals surface area contributed by atoms with Crippen molar-refractivity contribution in [1.29, 1.82) is 0 Å². The summed E-state index contributed by atoms with van der Waals surface area (Å²) in [6, 6.07) is 7.84. The molecule has 140 valence electrons. The molecule has 1 aromatic heterocycles. The molecule has 0 radical (unpaired) electrons. The molecular weight excluding hydrogens is 392 g/mol. The van der Waals surface area contributed by atoms with Gasteiger partial charge < -0.3 is 10.6 Å². The van der Waals surface area contributed by atoms with E-state index in [9.17, 15) is 13.2 Å². The van der Waals surface area contributed by atoms with Crippen molar-refractivity contribution in [2.75, 3.05) is 22.6 Å². The van der Waals surface area contributed by atoms with Crippen LogP contribution in [0.1, 0.15) is 18.9 Å². The Kier molecular flexibility index (Phi) is 6.15. The normalized spacial score (nSPS) is 18.6. The van der Waals surface area contributed by atoms with E-state index in [4.69, 9.17) is 0 Å². The van der Waals surface area contributed by atoms with Gasteiger partial charge in [-0.1, -0.05) is 42.2 Å². The summed E-state index contributed by atoms with van der Waals surface area (Å²) in [5, 5.41) is 14.8. The number of hydrogen-bond donors (Lipinski definition) is 2. The van der Waals surface area contributed by atoms with Gasteiger partial charge in [0.25, 0.3) is 0 Å². The number of benzene rings is 1. The van der Waals surface area contributed by atoms with Gasteiger partial charge in [-0.2, -0.15) is 0 Å². The number of carbonyl (C=O) groups excluding carboxylic acids is 1. The van der Waals surface area contributed by atoms with Gasteiger partial charge in [0.2, 0.25) is 11.0 Å². The number of anilines is 2. The molecule has 0 aliphatic carbocycles. The topological polar surface area (TPSA) is 101 Å². The van der Waals surface area contributed by atoms with Crippen LogP contribution in [0.5, 0.6) is 0 Å². The zero-order valence-corrected chi connectivity index (χ0v) is 16.7. The van der Waals surface area contributed by atoms with Crippen LogP contribution >= 0.6 is 23.1 Å². The summed E-state index contributed by atoms with van der Waals surface area (Å²) in [7, 11) is -2.99. The minimum Gasteiger partial charge on any atom is -0.352 e. The number of thioether (sulfide) groups is 1. The fraction of sp³-hybridized carbons (Fsp3) is 0.438. The van der Waals surface area contributed by atoms with E-state index in [1.807, 2.05) is 12.1 Å². The first-order valence-electron chi connectivity index (χ1n) is 8.25. The molecule has 2 aromatic rings. The third-order valence-electron chi connectivity index (χ3n) is 3.94. The lowest BCUT2D eigenvalue weighted by atomic mass is 10.1. The molecule has 1 fully saturated rings. The van der Waals surface area contributed by atoms with Crippen molar-refractivity contribution in [2.45, 2.75) is 30.1 Å². The van der Waals surface area contributed by atoms with Crippen LogP contribution in [-0.4, -0.2) is 47.8 Å². The summed E-state index contributed by atoms with van der Waals surface area (Å²) in [5.74, 6) is 0.191. The van der Waals surface area contributed by atoms with Crippen molar-refractivity contribution in [3.05, 3.63) is 29.8 Å². The second-order valence-corrected chi connectivity index (χ2v) is 10.4. The average molecular weight is 413 g/mol. The third kappa shape index (κ3) is 5.42. The van der Waals surface area contributed by atoms with Crippen molar-refractivity contribution in [3.8, 4) is 0 Å². The number of hydrogen-bond acceptors (Lipinski definition) is 8. The summed E-state index contributed by atoms with van der Waals surface area (Å²) in [6.07, 6.45) is 1.48. The summed E-state index contributed by atoms with van der Waals surface area (Å²) in [4.78, 5) is 12.0. The molecule has 3 rings (SSSR count). The van der Waals surface area contributed by atoms with E-state index < -0.39 is 9.84 Å². The number of carbonyl (C=O) groups is 1. The summed E-state index contributed by atoms with van der Waals surface area (Å²) < 4.78 is 23.5. The Balaban J connectivity index is 1.46. The maximum atomic E-state index is 12.0. The molecular formula is C16H20N4O3S3. The van der Waals surface area contributed by atoms with Crippen LogP contribution in [-0.2, 0) is 21.1 Å². The molecule has 1 aromatic carbocycles. The lowest BCUT2D eigenvalue weighted by molar-refractivity contribution is -0.119. The minimum absolute atomic E-state index is 0.0348. The minimum atomic E-state index is -2.99. The number of amides is 1. The molecule has 1 aliphatic rings. The van der Waals surface area contributed by atoms with Crippen LogP contribution in [0.3, 0.4) is 0 Å². The largest absolute Gasteiger partial charge is 0.352 e. The van der Waals surface area contributed by atoms with Crippen LogP contribution in [0.2, 0.25) is 0 Å². The first kappa shape index (κ1) is 19.1. The fourth-order valence-electron chi connectivity index (χ4n) is 2.57. The molecule has 1 aliphatic heterocycles. The molecule has 1 amide bonds. The predicted octanol–water partition coefficient (Wildman–Crippen LogP) is 2.24. The molecule has 0 saturated carbocycles. The Hall–Kier alpha value is -1.65. The highest BCUT2D eigenvalue weighted by Gasteiger charge is 2.28. The molecule has 0 unspecified atom stereocenters. The molecule has 2 N–H and O–H groups in total. The van der Waals surface area contributed by atoms with E-state index in [1.54, 1.807) is 0 Å². The maximum Gasteiger partial charge on any atom is 0.230 e. The highest BCUT2D eigenvalue weighted by atomic mass is 32.2. The van der Waals surface area contributed by atoms with E-state index in [2.05, 4.69) is 39.9 Å². The molecule has 7 nitrogen and oxygen atoms in total. The Morgan fingerprint density at radius 3 is 2.73 bits per heavy atom. The molecule has 1 saturated heterocycles. The molecule has 1 atom stereocenters. The average Bonchev–Trinajstić information content (AvgIpc) is 3.19. The van der Waals surface area contributed by atoms with Crippen LogP contribution in [0.25, 0.3) is 0 Å². The van der Waals surface area contributed by atoms with Crippen LogP contribution in [0.4, 0.5) is 10.8 Å². The number of aromatic nitrogens is 2. The van der Waals surface area contributed by atoms with E-state index in [0.717, 1.165) is 12.1 Å². The Labute approximate surface area is 160 Å². The van der Waals surface area contributed by atoms with Crippen molar-refractivity contribution < 1.29 is 13.2 Å². The third-order valence-corrected chi connectivity index (χ3v) is 7.68. The second kappa shape index (κ2) is 8.36. The zero-order valence-electron chi connectivity index (χ0n) is 14.3. The predicted molar refractivity (Wildman–Crippen MR) is 105 cm³/mol. The highest BCUT2D eigenvalue weighted by molar-refractivity contribution is 8.01. The second-order valence-electron chi connectivity index (χ2n) is 6.00. The monoisotopic (exact) mass is 412 g/mol. The van der Waals surface area contributed by atoms with Crippen LogP contribution in [0.15, 0.2) is 28.6 Å². The number of aryl methyl sites for hydroxylation is 1.